The van der Waals surface area contributed by atoms with Crippen LogP contribution in [0, 0.1) is 63.2 Å². The Kier molecular flexibility index (Phi) is 31.6. The van der Waals surface area contributed by atoms with Gasteiger partial charge in [-0.25, -0.2) is 26.4 Å². The Hall–Kier alpha value is -6.26. The second kappa shape index (κ2) is 39.7. The van der Waals surface area contributed by atoms with Gasteiger partial charge in [0.15, 0.2) is 42.6 Å². The monoisotopic (exact) mass is 1660 g/mol. The first-order chi connectivity index (χ1) is 51.7. The van der Waals surface area contributed by atoms with Crippen LogP contribution >= 0.6 is 0 Å². The van der Waals surface area contributed by atoms with Crippen LogP contribution in [0.4, 0.5) is 0 Å². The number of carbonyl (C=O) groups excluding carboxylic acids is 6. The zero-order chi connectivity index (χ0) is 76.9. The molecule has 0 N–H and O–H groups in total. The van der Waals surface area contributed by atoms with Gasteiger partial charge in [0.05, 0.1) is 33.6 Å². The Morgan fingerprint density at radius 2 is 0.736 bits per heavy atom. The first-order valence-electron chi connectivity index (χ1n) is 37.9. The zero-order valence-electron chi connectivity index (χ0n) is 63.8. The Morgan fingerprint density at radius 1 is 0.436 bits per heavy atom. The molecule has 4 aliphatic heterocycles. The Labute approximate surface area is 685 Å². The summed E-state index contributed by atoms with van der Waals surface area (Å²) >= 11 is 0. The molecule has 4 heterocycles. The van der Waals surface area contributed by atoms with Crippen molar-refractivity contribution in [1.29, 1.82) is 0 Å². The summed E-state index contributed by atoms with van der Waals surface area (Å²) in [6.07, 6.45) is 16.2. The topological polar surface area (TPSA) is 291 Å². The molecule has 6 aliphatic carbocycles. The van der Waals surface area contributed by atoms with Gasteiger partial charge in [0.25, 0.3) is 0 Å². The second-order valence-electron chi connectivity index (χ2n) is 30.2. The van der Waals surface area contributed by atoms with E-state index in [1.165, 1.54) is 42.2 Å². The van der Waals surface area contributed by atoms with E-state index < -0.39 is 68.1 Å². The van der Waals surface area contributed by atoms with Crippen molar-refractivity contribution in [2.75, 3.05) is 24.7 Å². The quantitative estimate of drug-likeness (QED) is 0.0202. The van der Waals surface area contributed by atoms with Gasteiger partial charge in [-0.3, -0.25) is 19.2 Å². The number of fused-ring (bicyclic) bond motifs is 2. The minimum Gasteiger partial charge on any atom is -1.00 e. The van der Waals surface area contributed by atoms with Crippen molar-refractivity contribution < 1.29 is 139 Å². The van der Waals surface area contributed by atoms with Crippen LogP contribution in [0.3, 0.4) is 0 Å². The standard InChI is InChI=1S/2C30H35O3S.2C12H16O7S.BrH.Na/c2*1-4-30(18-12-7-13-19-30)33-28(31)22-32-29-23(2)20-27(21-24(29)3)34(25-14-8-5-9-15-25)26-16-10-6-11-17-26;2*13-10(5-20(15,16)17)19-11-7-1-6-2-8(4-7)12(14)18-9(11)3-6;;/h2*5-6,8-11,14-17,20-21H,4,7,12-13,18-19,22H2,1-3H3;2*6-9,11H,1-5H2,(H,15,16,17);1H;/q2*+1;;;;+1/p-3. The SMILES string of the molecule is CCC1(OC(=O)COc2c(C)cc([S+](c3ccccc3)c3ccccc3)cc2C)CCCCC1.CCC1(OC(=O)COc2c(C)cc([S+](c3ccccc3)c3ccccc3)cc2C)CCCCC1.O=C(CS(=O)(=O)[O-])OC1C2CC3CC(C2)C(=O)OC1C3.O=C(CS(=O)(=O)[O-])OC1C2CC3CC(C2)C(=O)OC1C3.[Br-].[Na+]. The molecule has 10 atom stereocenters. The smallest absolute Gasteiger partial charge is 1.00 e. The third-order valence-electron chi connectivity index (χ3n) is 22.2. The molecule has 8 bridgehead atoms. The Morgan fingerprint density at radius 3 is 1.02 bits per heavy atom. The Balaban J connectivity index is 0.000000173. The molecule has 26 heteroatoms. The summed E-state index contributed by atoms with van der Waals surface area (Å²) in [5, 5.41) is 0. The van der Waals surface area contributed by atoms with Crippen LogP contribution in [0.5, 0.6) is 11.5 Å². The molecule has 6 aromatic carbocycles. The molecule has 0 amide bonds. The van der Waals surface area contributed by atoms with Crippen molar-refractivity contribution in [3.63, 3.8) is 0 Å². The zero-order valence-corrected chi connectivity index (χ0v) is 70.6. The minimum absolute atomic E-state index is 0. The van der Waals surface area contributed by atoms with Crippen molar-refractivity contribution >= 4 is 77.8 Å². The van der Waals surface area contributed by atoms with Crippen molar-refractivity contribution in [2.45, 2.75) is 235 Å². The van der Waals surface area contributed by atoms with Gasteiger partial charge in [-0.2, -0.15) is 0 Å². The fourth-order valence-electron chi connectivity index (χ4n) is 17.3. The van der Waals surface area contributed by atoms with E-state index in [-0.39, 0.29) is 140 Å². The summed E-state index contributed by atoms with van der Waals surface area (Å²) in [5.74, 6) is -3.42. The summed E-state index contributed by atoms with van der Waals surface area (Å²) in [5.41, 5.74) is 3.55. The van der Waals surface area contributed by atoms with E-state index >= 15 is 0 Å². The van der Waals surface area contributed by atoms with Gasteiger partial charge in [0.1, 0.15) is 78.9 Å². The first-order valence-corrected chi connectivity index (χ1v) is 43.5. The van der Waals surface area contributed by atoms with Gasteiger partial charge >= 0.3 is 65.4 Å². The summed E-state index contributed by atoms with van der Waals surface area (Å²) in [4.78, 5) is 79.6. The molecule has 0 aromatic heterocycles. The molecule has 4 saturated heterocycles. The molecule has 20 nitrogen and oxygen atoms in total. The summed E-state index contributed by atoms with van der Waals surface area (Å²) in [6, 6.07) is 51.3. The number of carbonyl (C=O) groups is 6. The van der Waals surface area contributed by atoms with Crippen LogP contribution in [0.1, 0.15) is 165 Å². The van der Waals surface area contributed by atoms with Crippen LogP contribution in [0.25, 0.3) is 0 Å². The number of hydrogen-bond acceptors (Lipinski definition) is 20. The van der Waals surface area contributed by atoms with E-state index in [1.54, 1.807) is 0 Å². The van der Waals surface area contributed by atoms with Gasteiger partial charge in [-0.1, -0.05) is 99.5 Å². The number of benzene rings is 6. The number of hydrogen-bond donors (Lipinski definition) is 0. The third kappa shape index (κ3) is 23.5. The van der Waals surface area contributed by atoms with Gasteiger partial charge in [0.2, 0.25) is 0 Å². The average Bonchev–Trinajstić information content (AvgIpc) is 1.57. The number of ether oxygens (including phenoxy) is 8. The molecule has 10 unspecified atom stereocenters. The van der Waals surface area contributed by atoms with Gasteiger partial charge in [0, 0.05) is 36.1 Å². The molecule has 110 heavy (non-hydrogen) atoms. The minimum atomic E-state index is -4.65. The van der Waals surface area contributed by atoms with Gasteiger partial charge in [-0.05, 0) is 226 Å². The van der Waals surface area contributed by atoms with Crippen LogP contribution < -0.4 is 56.0 Å². The molecular formula is C84H100BrNaO20S4. The maximum absolute atomic E-state index is 12.7. The number of esters is 6. The first kappa shape index (κ1) is 87.7. The Bertz CT molecular complexity index is 3950. The molecule has 10 fully saturated rings. The summed E-state index contributed by atoms with van der Waals surface area (Å²) in [6.45, 7) is 12.4. The van der Waals surface area contributed by atoms with E-state index in [2.05, 4.69) is 187 Å². The molecule has 6 aromatic rings. The van der Waals surface area contributed by atoms with E-state index in [1.807, 2.05) is 0 Å². The molecular weight excluding hydrogens is 1560 g/mol. The van der Waals surface area contributed by atoms with Crippen LogP contribution in [-0.2, 0) is 99.2 Å². The van der Waals surface area contributed by atoms with E-state index in [0.29, 0.717) is 37.5 Å². The maximum Gasteiger partial charge on any atom is 1.00 e. The van der Waals surface area contributed by atoms with Gasteiger partial charge in [-0.15, -0.1) is 0 Å². The number of halogens is 1. The second-order valence-corrected chi connectivity index (χ2v) is 37.0. The van der Waals surface area contributed by atoms with Crippen LogP contribution in [0.15, 0.2) is 175 Å². The molecule has 6 saturated carbocycles. The van der Waals surface area contributed by atoms with Crippen molar-refractivity contribution in [1.82, 2.24) is 0 Å². The maximum atomic E-state index is 12.7. The predicted octanol–water partition coefficient (Wildman–Crippen LogP) is 8.49. The molecule has 0 spiro atoms. The molecule has 16 rings (SSSR count). The van der Waals surface area contributed by atoms with Crippen LogP contribution in [0.2, 0.25) is 0 Å². The summed E-state index contributed by atoms with van der Waals surface area (Å²) in [7, 11) is -9.73. The molecule has 588 valence electrons. The van der Waals surface area contributed by atoms with Crippen molar-refractivity contribution in [2.24, 2.45) is 35.5 Å². The predicted molar refractivity (Wildman–Crippen MR) is 404 cm³/mol. The average molecular weight is 1660 g/mol. The van der Waals surface area contributed by atoms with Crippen LogP contribution in [-0.4, -0.2) is 122 Å². The van der Waals surface area contributed by atoms with E-state index in [0.717, 1.165) is 124 Å². The fraction of sp³-hybridized carbons (Fsp3) is 0.500. The number of aryl methyl sites for hydroxylation is 4. The third-order valence-corrected chi connectivity index (χ3v) is 27.8. The molecule has 10 aliphatic rings. The van der Waals surface area contributed by atoms with E-state index in [4.69, 9.17) is 37.9 Å². The largest absolute Gasteiger partial charge is 1.00 e. The molecule has 0 radical (unpaired) electrons. The fourth-order valence-corrected chi connectivity index (χ4v) is 22.6. The van der Waals surface area contributed by atoms with Crippen molar-refractivity contribution in [3.8, 4) is 11.5 Å². The normalized spacial score (nSPS) is 23.7. The van der Waals surface area contributed by atoms with E-state index in [9.17, 15) is 54.7 Å². The van der Waals surface area contributed by atoms with Gasteiger partial charge < -0.3 is 64.0 Å². The number of rotatable bonds is 22. The summed E-state index contributed by atoms with van der Waals surface area (Å²) < 4.78 is 108. The van der Waals surface area contributed by atoms with Crippen molar-refractivity contribution in [3.05, 3.63) is 168 Å².